The Morgan fingerprint density at radius 1 is 1.00 bits per heavy atom. The van der Waals surface area contributed by atoms with Gasteiger partial charge in [0.05, 0.1) is 23.8 Å². The Morgan fingerprint density at radius 3 is 2.61 bits per heavy atom. The van der Waals surface area contributed by atoms with Crippen molar-refractivity contribution in [2.24, 2.45) is 0 Å². The van der Waals surface area contributed by atoms with Gasteiger partial charge in [0.2, 0.25) is 0 Å². The molecule has 0 saturated carbocycles. The molecule has 0 fully saturated rings. The molecular formula is C26H28ClN3O. The van der Waals surface area contributed by atoms with Crippen LogP contribution >= 0.6 is 12.4 Å². The van der Waals surface area contributed by atoms with Crippen LogP contribution < -0.4 is 9.64 Å². The predicted molar refractivity (Wildman–Crippen MR) is 130 cm³/mol. The first kappa shape index (κ1) is 21.3. The monoisotopic (exact) mass is 433 g/mol. The second-order valence-corrected chi connectivity index (χ2v) is 8.12. The topological polar surface area (TPSA) is 30.3 Å². The Bertz CT molecular complexity index is 1230. The molecule has 0 radical (unpaired) electrons. The number of pyridine rings is 1. The summed E-state index contributed by atoms with van der Waals surface area (Å²) in [6, 6.07) is 19.3. The number of methoxy groups -OCH3 is 1. The number of aryl methyl sites for hydroxylation is 1. The van der Waals surface area contributed by atoms with E-state index < -0.39 is 0 Å². The molecule has 1 aliphatic heterocycles. The molecule has 3 heterocycles. The summed E-state index contributed by atoms with van der Waals surface area (Å²) in [4.78, 5) is 7.27. The lowest BCUT2D eigenvalue weighted by molar-refractivity contribution is 0.414. The Kier molecular flexibility index (Phi) is 5.92. The Morgan fingerprint density at radius 2 is 1.81 bits per heavy atom. The summed E-state index contributed by atoms with van der Waals surface area (Å²) >= 11 is 0. The van der Waals surface area contributed by atoms with Crippen LogP contribution in [0.25, 0.3) is 11.0 Å². The van der Waals surface area contributed by atoms with E-state index in [4.69, 9.17) is 9.72 Å². The summed E-state index contributed by atoms with van der Waals surface area (Å²) in [5, 5.41) is 0. The maximum atomic E-state index is 5.44. The number of ether oxygens (including phenoxy) is 1. The first-order valence-electron chi connectivity index (χ1n) is 10.5. The van der Waals surface area contributed by atoms with Crippen molar-refractivity contribution in [3.8, 4) is 5.75 Å². The van der Waals surface area contributed by atoms with Gasteiger partial charge in [0.1, 0.15) is 5.75 Å². The number of rotatable bonds is 4. The van der Waals surface area contributed by atoms with E-state index in [0.717, 1.165) is 37.3 Å². The average Bonchev–Trinajstić information content (AvgIpc) is 3.04. The van der Waals surface area contributed by atoms with Crippen molar-refractivity contribution < 1.29 is 4.74 Å². The summed E-state index contributed by atoms with van der Waals surface area (Å²) in [6.07, 6.45) is 3.04. The molecule has 2 aromatic heterocycles. The van der Waals surface area contributed by atoms with Crippen molar-refractivity contribution in [3.05, 3.63) is 88.7 Å². The van der Waals surface area contributed by atoms with E-state index in [9.17, 15) is 0 Å². The molecule has 0 atom stereocenters. The highest BCUT2D eigenvalue weighted by molar-refractivity contribution is 5.92. The van der Waals surface area contributed by atoms with Crippen LogP contribution in [0.1, 0.15) is 27.9 Å². The van der Waals surface area contributed by atoms with Crippen LogP contribution in [-0.4, -0.2) is 23.2 Å². The summed E-state index contributed by atoms with van der Waals surface area (Å²) in [6.45, 7) is 7.15. The molecule has 0 amide bonds. The largest absolute Gasteiger partial charge is 0.497 e. The van der Waals surface area contributed by atoms with Gasteiger partial charge in [-0.1, -0.05) is 36.4 Å². The summed E-state index contributed by atoms with van der Waals surface area (Å²) in [5.74, 6) is 0.893. The van der Waals surface area contributed by atoms with E-state index in [1.807, 2.05) is 12.3 Å². The van der Waals surface area contributed by atoms with Crippen molar-refractivity contribution in [1.29, 1.82) is 0 Å². The summed E-state index contributed by atoms with van der Waals surface area (Å²) in [5.41, 5.74) is 10.3. The van der Waals surface area contributed by atoms with Crippen molar-refractivity contribution in [1.82, 2.24) is 9.55 Å². The Hall–Kier alpha value is -2.98. The van der Waals surface area contributed by atoms with E-state index in [1.54, 1.807) is 7.11 Å². The van der Waals surface area contributed by atoms with Crippen LogP contribution in [0.5, 0.6) is 5.75 Å². The molecule has 5 rings (SSSR count). The maximum Gasteiger partial charge on any atom is 0.119 e. The zero-order valence-corrected chi connectivity index (χ0v) is 19.1. The van der Waals surface area contributed by atoms with E-state index in [0.29, 0.717) is 0 Å². The van der Waals surface area contributed by atoms with Crippen LogP contribution in [0, 0.1) is 13.8 Å². The van der Waals surface area contributed by atoms with Crippen molar-refractivity contribution in [2.75, 3.05) is 18.6 Å². The number of halogens is 1. The fourth-order valence-electron chi connectivity index (χ4n) is 4.63. The molecule has 5 heteroatoms. The van der Waals surface area contributed by atoms with E-state index in [1.165, 1.54) is 39.2 Å². The zero-order valence-electron chi connectivity index (χ0n) is 18.3. The molecule has 0 saturated heterocycles. The standard InChI is InChI=1S/C26H27N3O.ClH/c1-18-19(2)29(16-20-7-6-10-23(15-20)30-3)26-24(11-13-27-25(18)26)28-14-12-21-8-4-5-9-22(21)17-28;/h4-11,13,15H,12,14,16-17H2,1-3H3;1H. The fraction of sp³-hybridized carbons (Fsp3) is 0.269. The quantitative estimate of drug-likeness (QED) is 0.414. The molecule has 0 unspecified atom stereocenters. The van der Waals surface area contributed by atoms with Gasteiger partial charge in [-0.15, -0.1) is 12.4 Å². The molecule has 1 aliphatic rings. The van der Waals surface area contributed by atoms with Gasteiger partial charge in [-0.2, -0.15) is 0 Å². The first-order valence-corrected chi connectivity index (χ1v) is 10.5. The number of anilines is 1. The fourth-order valence-corrected chi connectivity index (χ4v) is 4.63. The van der Waals surface area contributed by atoms with Crippen LogP contribution in [-0.2, 0) is 19.5 Å². The number of hydrogen-bond donors (Lipinski definition) is 0. The lowest BCUT2D eigenvalue weighted by Crippen LogP contribution is -2.30. The van der Waals surface area contributed by atoms with Gasteiger partial charge in [0.15, 0.2) is 0 Å². The Balaban J connectivity index is 0.00000231. The molecular weight excluding hydrogens is 406 g/mol. The minimum absolute atomic E-state index is 0. The highest BCUT2D eigenvalue weighted by atomic mass is 35.5. The average molecular weight is 434 g/mol. The number of benzene rings is 2. The summed E-state index contributed by atoms with van der Waals surface area (Å²) in [7, 11) is 1.72. The number of hydrogen-bond acceptors (Lipinski definition) is 3. The lowest BCUT2D eigenvalue weighted by atomic mass is 9.99. The second-order valence-electron chi connectivity index (χ2n) is 8.12. The molecule has 31 heavy (non-hydrogen) atoms. The highest BCUT2D eigenvalue weighted by Gasteiger charge is 2.22. The number of nitrogens with zero attached hydrogens (tertiary/aromatic N) is 3. The normalized spacial score (nSPS) is 13.1. The third-order valence-electron chi connectivity index (χ3n) is 6.42. The van der Waals surface area contributed by atoms with Crippen LogP contribution in [0.4, 0.5) is 5.69 Å². The molecule has 0 aliphatic carbocycles. The van der Waals surface area contributed by atoms with Crippen LogP contribution in [0.15, 0.2) is 60.8 Å². The Labute approximate surface area is 189 Å². The molecule has 2 aromatic carbocycles. The summed E-state index contributed by atoms with van der Waals surface area (Å²) < 4.78 is 7.86. The van der Waals surface area contributed by atoms with E-state index in [-0.39, 0.29) is 12.4 Å². The molecule has 4 nitrogen and oxygen atoms in total. The van der Waals surface area contributed by atoms with Gasteiger partial charge in [-0.3, -0.25) is 4.98 Å². The van der Waals surface area contributed by atoms with Gasteiger partial charge in [0, 0.05) is 31.5 Å². The van der Waals surface area contributed by atoms with Crippen molar-refractivity contribution >= 4 is 29.1 Å². The van der Waals surface area contributed by atoms with Crippen molar-refractivity contribution in [3.63, 3.8) is 0 Å². The first-order chi connectivity index (χ1) is 14.7. The maximum absolute atomic E-state index is 5.44. The molecule has 0 N–H and O–H groups in total. The van der Waals surface area contributed by atoms with Crippen LogP contribution in [0.3, 0.4) is 0 Å². The lowest BCUT2D eigenvalue weighted by Gasteiger charge is -2.31. The van der Waals surface area contributed by atoms with Gasteiger partial charge in [-0.05, 0) is 60.7 Å². The van der Waals surface area contributed by atoms with Gasteiger partial charge >= 0.3 is 0 Å². The van der Waals surface area contributed by atoms with Gasteiger partial charge < -0.3 is 14.2 Å². The predicted octanol–water partition coefficient (Wildman–Crippen LogP) is 5.69. The van der Waals surface area contributed by atoms with Gasteiger partial charge in [0.25, 0.3) is 0 Å². The third kappa shape index (κ3) is 3.77. The molecule has 0 bridgehead atoms. The minimum atomic E-state index is 0. The highest BCUT2D eigenvalue weighted by Crippen LogP contribution is 2.34. The van der Waals surface area contributed by atoms with E-state index >= 15 is 0 Å². The minimum Gasteiger partial charge on any atom is -0.497 e. The third-order valence-corrected chi connectivity index (χ3v) is 6.42. The van der Waals surface area contributed by atoms with Gasteiger partial charge in [-0.25, -0.2) is 0 Å². The SMILES string of the molecule is COc1cccc(Cn2c(C)c(C)c3nccc(N4CCc5ccccc5C4)c32)c1.Cl. The van der Waals surface area contributed by atoms with Crippen LogP contribution in [0.2, 0.25) is 0 Å². The number of aromatic nitrogens is 2. The van der Waals surface area contributed by atoms with Crippen molar-refractivity contribution in [2.45, 2.75) is 33.4 Å². The number of fused-ring (bicyclic) bond motifs is 2. The zero-order chi connectivity index (χ0) is 20.7. The van der Waals surface area contributed by atoms with E-state index in [2.05, 4.69) is 71.8 Å². The second kappa shape index (κ2) is 8.64. The smallest absolute Gasteiger partial charge is 0.119 e. The molecule has 0 spiro atoms. The molecule has 160 valence electrons. The molecule has 4 aromatic rings.